The summed E-state index contributed by atoms with van der Waals surface area (Å²) in [4.78, 5) is 25.4. The summed E-state index contributed by atoms with van der Waals surface area (Å²) in [5, 5.41) is 9.65. The Kier molecular flexibility index (Phi) is 7.03. The summed E-state index contributed by atoms with van der Waals surface area (Å²) in [7, 11) is 0. The Morgan fingerprint density at radius 1 is 1.15 bits per heavy atom. The molecule has 0 aromatic rings. The Morgan fingerprint density at radius 3 is 2.00 bits per heavy atom. The van der Waals surface area contributed by atoms with Crippen molar-refractivity contribution in [3.8, 4) is 0 Å². The van der Waals surface area contributed by atoms with Crippen LogP contribution in [-0.4, -0.2) is 39.8 Å². The third-order valence-corrected chi connectivity index (χ3v) is 3.37. The van der Waals surface area contributed by atoms with Crippen molar-refractivity contribution >= 4 is 12.1 Å². The number of ether oxygens (including phenoxy) is 1. The minimum Gasteiger partial charge on any atom is -0.479 e. The van der Waals surface area contributed by atoms with E-state index in [-0.39, 0.29) is 0 Å². The number of carboxylic acids is 1. The first-order valence-corrected chi connectivity index (χ1v) is 7.38. The molecule has 0 bridgehead atoms. The fourth-order valence-electron chi connectivity index (χ4n) is 2.27. The molecule has 1 N–H and O–H groups in total. The van der Waals surface area contributed by atoms with Crippen LogP contribution in [0.4, 0.5) is 4.79 Å². The number of rotatable bonds is 7. The van der Waals surface area contributed by atoms with Crippen LogP contribution in [0.5, 0.6) is 0 Å². The van der Waals surface area contributed by atoms with Gasteiger partial charge in [-0.25, -0.2) is 9.59 Å². The van der Waals surface area contributed by atoms with Crippen LogP contribution in [0.2, 0.25) is 0 Å². The molecule has 0 fully saturated rings. The molecule has 0 heterocycles. The molecule has 0 aromatic heterocycles. The first kappa shape index (κ1) is 18.7. The van der Waals surface area contributed by atoms with Crippen LogP contribution in [0.1, 0.15) is 67.2 Å². The van der Waals surface area contributed by atoms with Gasteiger partial charge in [0.2, 0.25) is 0 Å². The summed E-state index contributed by atoms with van der Waals surface area (Å²) in [6, 6.07) is 0. The fourth-order valence-corrected chi connectivity index (χ4v) is 2.27. The average Bonchev–Trinajstić information content (AvgIpc) is 2.31. The maximum atomic E-state index is 12.3. The first-order chi connectivity index (χ1) is 9.14. The Hall–Kier alpha value is -1.26. The van der Waals surface area contributed by atoms with Gasteiger partial charge in [-0.15, -0.1) is 0 Å². The van der Waals surface area contributed by atoms with E-state index in [0.717, 1.165) is 12.8 Å². The minimum absolute atomic E-state index is 0.318. The third kappa shape index (κ3) is 4.69. The summed E-state index contributed by atoms with van der Waals surface area (Å²) in [6.07, 6.45) is 1.92. The van der Waals surface area contributed by atoms with Crippen molar-refractivity contribution in [2.45, 2.75) is 78.4 Å². The van der Waals surface area contributed by atoms with Crippen molar-refractivity contribution in [1.29, 1.82) is 0 Å². The zero-order valence-electron chi connectivity index (χ0n) is 13.7. The zero-order valence-corrected chi connectivity index (χ0v) is 13.7. The lowest BCUT2D eigenvalue weighted by Gasteiger charge is -2.40. The molecule has 1 atom stereocenters. The Bertz CT molecular complexity index is 335. The van der Waals surface area contributed by atoms with Crippen LogP contribution in [0.25, 0.3) is 0 Å². The van der Waals surface area contributed by atoms with Gasteiger partial charge in [0.15, 0.2) is 0 Å². The number of amides is 1. The number of carbonyl (C=O) groups is 2. The molecule has 0 saturated heterocycles. The van der Waals surface area contributed by atoms with Crippen molar-refractivity contribution in [3.63, 3.8) is 0 Å². The molecule has 20 heavy (non-hydrogen) atoms. The number of hydrogen-bond donors (Lipinski definition) is 1. The number of hydrogen-bond acceptors (Lipinski definition) is 3. The molecule has 0 spiro atoms. The average molecular weight is 287 g/mol. The number of likely N-dealkylation sites (N-methyl/N-ethyl adjacent to an activating group) is 1. The van der Waals surface area contributed by atoms with E-state index in [0.29, 0.717) is 19.4 Å². The van der Waals surface area contributed by atoms with Crippen molar-refractivity contribution in [3.05, 3.63) is 0 Å². The quantitative estimate of drug-likeness (QED) is 0.776. The van der Waals surface area contributed by atoms with E-state index >= 15 is 0 Å². The Balaban J connectivity index is 5.37. The number of carboxylic acid groups (broad SMARTS) is 1. The molecule has 0 aliphatic heterocycles. The molecule has 118 valence electrons. The fraction of sp³-hybridized carbons (Fsp3) is 0.867. The highest BCUT2D eigenvalue weighted by atomic mass is 16.6. The van der Waals surface area contributed by atoms with E-state index in [1.54, 1.807) is 34.6 Å². The second-order valence-corrected chi connectivity index (χ2v) is 6.02. The van der Waals surface area contributed by atoms with E-state index in [9.17, 15) is 14.7 Å². The van der Waals surface area contributed by atoms with Crippen LogP contribution in [-0.2, 0) is 9.53 Å². The van der Waals surface area contributed by atoms with Gasteiger partial charge in [-0.05, 0) is 40.5 Å². The van der Waals surface area contributed by atoms with Gasteiger partial charge in [0.05, 0.1) is 0 Å². The third-order valence-electron chi connectivity index (χ3n) is 3.37. The largest absolute Gasteiger partial charge is 0.479 e. The molecular formula is C15H29NO4. The standard InChI is InChI=1S/C15H29NO4/c1-7-10-11-15(8-2,12(17)18)16(9-3)13(19)20-14(4,5)6/h7-11H2,1-6H3,(H,17,18). The number of carbonyl (C=O) groups excluding carboxylic acids is 1. The monoisotopic (exact) mass is 287 g/mol. The predicted octanol–water partition coefficient (Wildman–Crippen LogP) is 3.67. The molecule has 0 rings (SSSR count). The number of nitrogens with zero attached hydrogens (tertiary/aromatic N) is 1. The lowest BCUT2D eigenvalue weighted by molar-refractivity contribution is -0.152. The summed E-state index contributed by atoms with van der Waals surface area (Å²) < 4.78 is 5.35. The lowest BCUT2D eigenvalue weighted by Crippen LogP contribution is -2.57. The molecular weight excluding hydrogens is 258 g/mol. The Labute approximate surface area is 122 Å². The highest BCUT2D eigenvalue weighted by Gasteiger charge is 2.45. The summed E-state index contributed by atoms with van der Waals surface area (Å²) in [5.74, 6) is -0.957. The van der Waals surface area contributed by atoms with Gasteiger partial charge in [0.1, 0.15) is 11.1 Å². The molecule has 0 aliphatic rings. The van der Waals surface area contributed by atoms with E-state index in [2.05, 4.69) is 0 Å². The van der Waals surface area contributed by atoms with E-state index in [1.807, 2.05) is 6.92 Å². The zero-order chi connectivity index (χ0) is 16.0. The van der Waals surface area contributed by atoms with E-state index in [1.165, 1.54) is 4.90 Å². The highest BCUT2D eigenvalue weighted by molar-refractivity contribution is 5.84. The molecule has 1 unspecified atom stereocenters. The number of aliphatic carboxylic acids is 1. The summed E-state index contributed by atoms with van der Waals surface area (Å²) in [6.45, 7) is 11.2. The van der Waals surface area contributed by atoms with Crippen LogP contribution >= 0.6 is 0 Å². The van der Waals surface area contributed by atoms with Crippen molar-refractivity contribution in [2.24, 2.45) is 0 Å². The molecule has 0 aliphatic carbocycles. The van der Waals surface area contributed by atoms with Crippen LogP contribution < -0.4 is 0 Å². The molecule has 5 nitrogen and oxygen atoms in total. The van der Waals surface area contributed by atoms with Crippen LogP contribution in [0.15, 0.2) is 0 Å². The summed E-state index contributed by atoms with van der Waals surface area (Å²) in [5.41, 5.74) is -1.81. The second-order valence-electron chi connectivity index (χ2n) is 6.02. The molecule has 0 aromatic carbocycles. The summed E-state index contributed by atoms with van der Waals surface area (Å²) >= 11 is 0. The second kappa shape index (κ2) is 7.50. The highest BCUT2D eigenvalue weighted by Crippen LogP contribution is 2.28. The van der Waals surface area contributed by atoms with Gasteiger partial charge in [-0.3, -0.25) is 4.90 Å². The van der Waals surface area contributed by atoms with Gasteiger partial charge >= 0.3 is 12.1 Å². The van der Waals surface area contributed by atoms with Crippen molar-refractivity contribution in [2.75, 3.05) is 6.54 Å². The van der Waals surface area contributed by atoms with Gasteiger partial charge < -0.3 is 9.84 Å². The molecule has 5 heteroatoms. The normalized spacial score (nSPS) is 14.5. The van der Waals surface area contributed by atoms with Gasteiger partial charge in [-0.1, -0.05) is 26.7 Å². The molecule has 0 radical (unpaired) electrons. The minimum atomic E-state index is -1.17. The van der Waals surface area contributed by atoms with Gasteiger partial charge in [0, 0.05) is 6.54 Å². The van der Waals surface area contributed by atoms with Crippen LogP contribution in [0, 0.1) is 0 Å². The predicted molar refractivity (Wildman–Crippen MR) is 78.8 cm³/mol. The SMILES string of the molecule is CCCCC(CC)(C(=O)O)N(CC)C(=O)OC(C)(C)C. The van der Waals surface area contributed by atoms with E-state index in [4.69, 9.17) is 4.74 Å². The molecule has 1 amide bonds. The van der Waals surface area contributed by atoms with E-state index < -0.39 is 23.2 Å². The number of unbranched alkanes of at least 4 members (excludes halogenated alkanes) is 1. The maximum Gasteiger partial charge on any atom is 0.411 e. The van der Waals surface area contributed by atoms with Gasteiger partial charge in [-0.2, -0.15) is 0 Å². The lowest BCUT2D eigenvalue weighted by atomic mass is 9.88. The van der Waals surface area contributed by atoms with Crippen LogP contribution in [0.3, 0.4) is 0 Å². The van der Waals surface area contributed by atoms with Crippen molar-refractivity contribution < 1.29 is 19.4 Å². The maximum absolute atomic E-state index is 12.3. The topological polar surface area (TPSA) is 66.8 Å². The van der Waals surface area contributed by atoms with Crippen molar-refractivity contribution in [1.82, 2.24) is 4.90 Å². The van der Waals surface area contributed by atoms with Gasteiger partial charge in [0.25, 0.3) is 0 Å². The Morgan fingerprint density at radius 2 is 1.70 bits per heavy atom. The molecule has 0 saturated carbocycles. The first-order valence-electron chi connectivity index (χ1n) is 7.38. The smallest absolute Gasteiger partial charge is 0.411 e.